The van der Waals surface area contributed by atoms with Gasteiger partial charge in [0, 0.05) is 32.4 Å². The number of anilines is 1. The van der Waals surface area contributed by atoms with Gasteiger partial charge in [-0.25, -0.2) is 4.98 Å². The van der Waals surface area contributed by atoms with E-state index in [-0.39, 0.29) is 0 Å². The highest BCUT2D eigenvalue weighted by Crippen LogP contribution is 2.03. The van der Waals surface area contributed by atoms with Gasteiger partial charge in [0.05, 0.1) is 0 Å². The van der Waals surface area contributed by atoms with Crippen molar-refractivity contribution in [2.75, 3.05) is 31.5 Å². The number of aliphatic imine (C=N–C) groups is 1. The Labute approximate surface area is 141 Å². The Bertz CT molecular complexity index is 417. The van der Waals surface area contributed by atoms with Crippen LogP contribution in [0.1, 0.15) is 46.5 Å². The first-order chi connectivity index (χ1) is 11.2. The van der Waals surface area contributed by atoms with Gasteiger partial charge < -0.3 is 16.0 Å². The minimum atomic E-state index is 0.757. The van der Waals surface area contributed by atoms with Gasteiger partial charge >= 0.3 is 0 Å². The summed E-state index contributed by atoms with van der Waals surface area (Å²) in [5.41, 5.74) is 0. The Hall–Kier alpha value is -1.78. The second-order valence-electron chi connectivity index (χ2n) is 6.07. The van der Waals surface area contributed by atoms with Gasteiger partial charge in [0.1, 0.15) is 5.82 Å². The van der Waals surface area contributed by atoms with Crippen LogP contribution >= 0.6 is 0 Å². The lowest BCUT2D eigenvalue weighted by atomic mass is 10.1. The van der Waals surface area contributed by atoms with Gasteiger partial charge in [-0.1, -0.05) is 19.9 Å². The highest BCUT2D eigenvalue weighted by molar-refractivity contribution is 5.79. The summed E-state index contributed by atoms with van der Waals surface area (Å²) in [6.45, 7) is 10.3. The first-order valence-electron chi connectivity index (χ1n) is 8.89. The molecule has 1 heterocycles. The molecule has 3 N–H and O–H groups in total. The Kier molecular flexibility index (Phi) is 10.7. The summed E-state index contributed by atoms with van der Waals surface area (Å²) in [5.74, 6) is 2.64. The molecular formula is C18H33N5. The van der Waals surface area contributed by atoms with Crippen LogP contribution in [0.5, 0.6) is 0 Å². The highest BCUT2D eigenvalue weighted by Gasteiger charge is 1.98. The fraction of sp³-hybridized carbons (Fsp3) is 0.667. The van der Waals surface area contributed by atoms with Crippen molar-refractivity contribution < 1.29 is 0 Å². The van der Waals surface area contributed by atoms with Crippen LogP contribution in [0.4, 0.5) is 5.82 Å². The molecule has 0 aromatic carbocycles. The lowest BCUT2D eigenvalue weighted by molar-refractivity contribution is 0.560. The number of pyridine rings is 1. The normalized spacial score (nSPS) is 11.6. The summed E-state index contributed by atoms with van der Waals surface area (Å²) in [4.78, 5) is 8.87. The zero-order chi connectivity index (χ0) is 16.8. The number of hydrogen-bond donors (Lipinski definition) is 3. The van der Waals surface area contributed by atoms with Crippen LogP contribution in [0.25, 0.3) is 0 Å². The van der Waals surface area contributed by atoms with Gasteiger partial charge in [0.25, 0.3) is 0 Å². The van der Waals surface area contributed by atoms with Crippen LogP contribution in [0, 0.1) is 5.92 Å². The number of hydrogen-bond acceptors (Lipinski definition) is 3. The minimum Gasteiger partial charge on any atom is -0.370 e. The lowest BCUT2D eigenvalue weighted by Gasteiger charge is -2.11. The zero-order valence-corrected chi connectivity index (χ0v) is 14.9. The molecule has 23 heavy (non-hydrogen) atoms. The summed E-state index contributed by atoms with van der Waals surface area (Å²) < 4.78 is 0. The molecule has 0 saturated heterocycles. The molecule has 130 valence electrons. The molecule has 0 aliphatic rings. The van der Waals surface area contributed by atoms with Gasteiger partial charge in [0.15, 0.2) is 5.96 Å². The van der Waals surface area contributed by atoms with Crippen LogP contribution in [0.3, 0.4) is 0 Å². The van der Waals surface area contributed by atoms with E-state index < -0.39 is 0 Å². The standard InChI is InChI=1S/C18H33N5/c1-4-19-18(23-15-9-10-16(2)3)22-14-8-7-13-21-17-11-5-6-12-20-17/h5-6,11-12,16H,4,7-10,13-15H2,1-3H3,(H,20,21)(H2,19,22,23). The van der Waals surface area contributed by atoms with E-state index in [1.807, 2.05) is 24.4 Å². The molecule has 1 aromatic rings. The summed E-state index contributed by atoms with van der Waals surface area (Å²) >= 11 is 0. The number of guanidine groups is 1. The minimum absolute atomic E-state index is 0.757. The SMILES string of the molecule is CCNC(=NCCCC(C)C)NCCCCNc1ccccn1. The van der Waals surface area contributed by atoms with Crippen LogP contribution in [0.2, 0.25) is 0 Å². The van der Waals surface area contributed by atoms with Gasteiger partial charge in [0.2, 0.25) is 0 Å². The summed E-state index contributed by atoms with van der Waals surface area (Å²) in [6.07, 6.45) is 6.42. The van der Waals surface area contributed by atoms with Gasteiger partial charge in [-0.2, -0.15) is 0 Å². The number of nitrogens with one attached hydrogen (secondary N) is 3. The maximum Gasteiger partial charge on any atom is 0.191 e. The molecule has 1 rings (SSSR count). The third kappa shape index (κ3) is 10.6. The Balaban J connectivity index is 2.11. The molecule has 0 atom stereocenters. The quantitative estimate of drug-likeness (QED) is 0.333. The van der Waals surface area contributed by atoms with Crippen molar-refractivity contribution in [3.05, 3.63) is 24.4 Å². The number of nitrogens with zero attached hydrogens (tertiary/aromatic N) is 2. The lowest BCUT2D eigenvalue weighted by Crippen LogP contribution is -2.38. The van der Waals surface area contributed by atoms with Crippen molar-refractivity contribution >= 4 is 11.8 Å². The zero-order valence-electron chi connectivity index (χ0n) is 14.9. The van der Waals surface area contributed by atoms with Crippen molar-refractivity contribution in [3.8, 4) is 0 Å². The molecule has 0 aliphatic carbocycles. The van der Waals surface area contributed by atoms with E-state index in [1.54, 1.807) is 0 Å². The first kappa shape index (κ1) is 19.3. The van der Waals surface area contributed by atoms with E-state index in [0.717, 1.165) is 63.1 Å². The second kappa shape index (κ2) is 12.7. The maximum absolute atomic E-state index is 4.62. The number of rotatable bonds is 11. The van der Waals surface area contributed by atoms with Gasteiger partial charge in [-0.05, 0) is 50.7 Å². The first-order valence-corrected chi connectivity index (χ1v) is 8.89. The van der Waals surface area contributed by atoms with Crippen molar-refractivity contribution in [2.24, 2.45) is 10.9 Å². The van der Waals surface area contributed by atoms with E-state index >= 15 is 0 Å². The second-order valence-corrected chi connectivity index (χ2v) is 6.07. The molecule has 0 aliphatic heterocycles. The van der Waals surface area contributed by atoms with E-state index in [4.69, 9.17) is 0 Å². The Morgan fingerprint density at radius 2 is 1.96 bits per heavy atom. The topological polar surface area (TPSA) is 61.3 Å². The maximum atomic E-state index is 4.62. The van der Waals surface area contributed by atoms with E-state index in [1.165, 1.54) is 6.42 Å². The summed E-state index contributed by atoms with van der Waals surface area (Å²) in [6, 6.07) is 5.92. The molecule has 5 nitrogen and oxygen atoms in total. The average Bonchev–Trinajstić information content (AvgIpc) is 2.55. The fourth-order valence-corrected chi connectivity index (χ4v) is 2.17. The van der Waals surface area contributed by atoms with E-state index in [9.17, 15) is 0 Å². The van der Waals surface area contributed by atoms with Crippen molar-refractivity contribution in [2.45, 2.75) is 46.5 Å². The van der Waals surface area contributed by atoms with Crippen LogP contribution in [-0.4, -0.2) is 37.1 Å². The summed E-state index contributed by atoms with van der Waals surface area (Å²) in [5, 5.41) is 10.0. The van der Waals surface area contributed by atoms with Crippen molar-refractivity contribution in [1.82, 2.24) is 15.6 Å². The summed E-state index contributed by atoms with van der Waals surface area (Å²) in [7, 11) is 0. The molecular weight excluding hydrogens is 286 g/mol. The molecule has 1 aromatic heterocycles. The van der Waals surface area contributed by atoms with Gasteiger partial charge in [-0.3, -0.25) is 4.99 Å². The Morgan fingerprint density at radius 3 is 2.65 bits per heavy atom. The molecule has 0 unspecified atom stereocenters. The third-order valence-corrected chi connectivity index (χ3v) is 3.42. The molecule has 0 saturated carbocycles. The van der Waals surface area contributed by atoms with Crippen LogP contribution < -0.4 is 16.0 Å². The van der Waals surface area contributed by atoms with E-state index in [2.05, 4.69) is 46.7 Å². The largest absolute Gasteiger partial charge is 0.370 e. The average molecular weight is 319 g/mol. The fourth-order valence-electron chi connectivity index (χ4n) is 2.17. The molecule has 0 spiro atoms. The molecule has 0 bridgehead atoms. The predicted octanol–water partition coefficient (Wildman–Crippen LogP) is 3.27. The van der Waals surface area contributed by atoms with Gasteiger partial charge in [-0.15, -0.1) is 0 Å². The predicted molar refractivity (Wildman–Crippen MR) is 100 cm³/mol. The molecule has 0 amide bonds. The Morgan fingerprint density at radius 1 is 1.13 bits per heavy atom. The van der Waals surface area contributed by atoms with E-state index in [0.29, 0.717) is 0 Å². The molecule has 0 radical (unpaired) electrons. The number of aromatic nitrogens is 1. The van der Waals surface area contributed by atoms with Crippen LogP contribution in [-0.2, 0) is 0 Å². The molecule has 0 fully saturated rings. The molecule has 5 heteroatoms. The third-order valence-electron chi connectivity index (χ3n) is 3.42. The highest BCUT2D eigenvalue weighted by atomic mass is 15.2. The smallest absolute Gasteiger partial charge is 0.191 e. The number of unbranched alkanes of at least 4 members (excludes halogenated alkanes) is 1. The van der Waals surface area contributed by atoms with Crippen molar-refractivity contribution in [3.63, 3.8) is 0 Å². The monoisotopic (exact) mass is 319 g/mol. The van der Waals surface area contributed by atoms with Crippen LogP contribution in [0.15, 0.2) is 29.4 Å². The van der Waals surface area contributed by atoms with Crippen molar-refractivity contribution in [1.29, 1.82) is 0 Å².